The largest absolute Gasteiger partial charge is 0.396 e. The number of aromatic nitrogens is 2. The summed E-state index contributed by atoms with van der Waals surface area (Å²) in [5, 5.41) is 20.7. The predicted octanol–water partition coefficient (Wildman–Crippen LogP) is 1.67. The van der Waals surface area contributed by atoms with Gasteiger partial charge in [-0.15, -0.1) is 0 Å². The molecule has 92 valence electrons. The Balaban J connectivity index is 2.06. The lowest BCUT2D eigenvalue weighted by Gasteiger charge is -2.19. The van der Waals surface area contributed by atoms with Gasteiger partial charge in [0.05, 0.1) is 11.7 Å². The van der Waals surface area contributed by atoms with E-state index < -0.39 is 0 Å². The number of para-hydroxylation sites is 1. The number of hydrogen-bond acceptors (Lipinski definition) is 3. The van der Waals surface area contributed by atoms with E-state index in [0.717, 1.165) is 17.4 Å². The van der Waals surface area contributed by atoms with Crippen LogP contribution in [0.2, 0.25) is 0 Å². The first-order valence-corrected chi connectivity index (χ1v) is 5.97. The molecule has 3 N–H and O–H groups in total. The third-order valence-electron chi connectivity index (χ3n) is 3.32. The fourth-order valence-electron chi connectivity index (χ4n) is 1.81. The van der Waals surface area contributed by atoms with Crippen LogP contribution in [-0.4, -0.2) is 28.0 Å². The molecule has 0 bridgehead atoms. The van der Waals surface area contributed by atoms with E-state index in [1.165, 1.54) is 5.56 Å². The molecule has 0 aliphatic heterocycles. The number of aliphatic hydroxyl groups is 1. The molecule has 1 aromatic heterocycles. The van der Waals surface area contributed by atoms with Gasteiger partial charge in [-0.25, -0.2) is 0 Å². The summed E-state index contributed by atoms with van der Waals surface area (Å²) in [6.07, 6.45) is 1.83. The van der Waals surface area contributed by atoms with Crippen molar-refractivity contribution in [2.75, 3.05) is 6.61 Å². The lowest BCUT2D eigenvalue weighted by atomic mass is 10.0. The van der Waals surface area contributed by atoms with Gasteiger partial charge in [0.15, 0.2) is 0 Å². The number of fused-ring (bicyclic) bond motifs is 1. The molecule has 1 heterocycles. The van der Waals surface area contributed by atoms with Gasteiger partial charge in [-0.05, 0) is 18.4 Å². The summed E-state index contributed by atoms with van der Waals surface area (Å²) in [5.74, 6) is 0.260. The quantitative estimate of drug-likeness (QED) is 0.736. The molecule has 17 heavy (non-hydrogen) atoms. The van der Waals surface area contributed by atoms with Gasteiger partial charge in [0, 0.05) is 24.6 Å². The highest BCUT2D eigenvalue weighted by Gasteiger charge is 2.11. The van der Waals surface area contributed by atoms with E-state index in [1.807, 2.05) is 25.3 Å². The average molecular weight is 233 g/mol. The fraction of sp³-hybridized carbons (Fsp3) is 0.462. The fourth-order valence-corrected chi connectivity index (χ4v) is 1.81. The number of benzene rings is 1. The van der Waals surface area contributed by atoms with Crippen LogP contribution >= 0.6 is 0 Å². The summed E-state index contributed by atoms with van der Waals surface area (Å²) >= 11 is 0. The highest BCUT2D eigenvalue weighted by molar-refractivity contribution is 5.81. The summed E-state index contributed by atoms with van der Waals surface area (Å²) in [4.78, 5) is 0. The highest BCUT2D eigenvalue weighted by atomic mass is 16.3. The van der Waals surface area contributed by atoms with Crippen LogP contribution in [0, 0.1) is 5.92 Å². The molecule has 2 unspecified atom stereocenters. The van der Waals surface area contributed by atoms with E-state index in [4.69, 9.17) is 5.11 Å². The monoisotopic (exact) mass is 233 g/mol. The lowest BCUT2D eigenvalue weighted by Crippen LogP contribution is -2.33. The van der Waals surface area contributed by atoms with E-state index in [0.29, 0.717) is 0 Å². The molecule has 0 aliphatic rings. The molecule has 0 fully saturated rings. The van der Waals surface area contributed by atoms with Crippen LogP contribution in [0.1, 0.15) is 19.4 Å². The molecule has 0 radical (unpaired) electrons. The zero-order chi connectivity index (χ0) is 12.3. The van der Waals surface area contributed by atoms with Gasteiger partial charge < -0.3 is 10.4 Å². The van der Waals surface area contributed by atoms with Crippen LogP contribution in [0.5, 0.6) is 0 Å². The first-order valence-electron chi connectivity index (χ1n) is 5.97. The van der Waals surface area contributed by atoms with E-state index >= 15 is 0 Å². The Bertz CT molecular complexity index is 480. The lowest BCUT2D eigenvalue weighted by molar-refractivity contribution is 0.207. The Morgan fingerprint density at radius 3 is 3.00 bits per heavy atom. The molecule has 4 heteroatoms. The smallest absolute Gasteiger partial charge is 0.0695 e. The molecular weight excluding hydrogens is 214 g/mol. The van der Waals surface area contributed by atoms with Crippen molar-refractivity contribution in [3.05, 3.63) is 30.0 Å². The van der Waals surface area contributed by atoms with Gasteiger partial charge in [-0.1, -0.05) is 25.1 Å². The Morgan fingerprint density at radius 1 is 1.41 bits per heavy atom. The van der Waals surface area contributed by atoms with Gasteiger partial charge in [0.2, 0.25) is 0 Å². The van der Waals surface area contributed by atoms with Crippen molar-refractivity contribution in [1.82, 2.24) is 15.5 Å². The molecule has 4 nitrogen and oxygen atoms in total. The minimum atomic E-state index is 0.211. The second-order valence-electron chi connectivity index (χ2n) is 4.58. The summed E-state index contributed by atoms with van der Waals surface area (Å²) in [6.45, 7) is 5.12. The first kappa shape index (κ1) is 12.1. The number of nitrogens with one attached hydrogen (secondary N) is 2. The van der Waals surface area contributed by atoms with Crippen molar-refractivity contribution >= 4 is 10.9 Å². The maximum atomic E-state index is 9.08. The standard InChI is InChI=1S/C13H19N3O/c1-9(8-17)10(2)14-6-11-4-3-5-12-7-15-16-13(11)12/h3-5,7,9-10,14,17H,6,8H2,1-2H3,(H,15,16). The van der Waals surface area contributed by atoms with Crippen LogP contribution in [0.15, 0.2) is 24.4 Å². The summed E-state index contributed by atoms with van der Waals surface area (Å²) in [7, 11) is 0. The molecular formula is C13H19N3O. The minimum Gasteiger partial charge on any atom is -0.396 e. The van der Waals surface area contributed by atoms with Gasteiger partial charge in [-0.3, -0.25) is 5.10 Å². The second-order valence-corrected chi connectivity index (χ2v) is 4.58. The number of rotatable bonds is 5. The van der Waals surface area contributed by atoms with Crippen molar-refractivity contribution < 1.29 is 5.11 Å². The van der Waals surface area contributed by atoms with Crippen LogP contribution in [0.4, 0.5) is 0 Å². The van der Waals surface area contributed by atoms with Crippen molar-refractivity contribution in [2.24, 2.45) is 5.92 Å². The Hall–Kier alpha value is -1.39. The predicted molar refractivity (Wildman–Crippen MR) is 68.6 cm³/mol. The molecule has 2 rings (SSSR count). The van der Waals surface area contributed by atoms with Crippen molar-refractivity contribution in [3.63, 3.8) is 0 Å². The molecule has 0 saturated carbocycles. The minimum absolute atomic E-state index is 0.211. The Kier molecular flexibility index (Phi) is 3.76. The highest BCUT2D eigenvalue weighted by Crippen LogP contribution is 2.15. The SMILES string of the molecule is CC(CO)C(C)NCc1cccc2cn[nH]c12. The second kappa shape index (κ2) is 5.29. The Labute approximate surface area is 101 Å². The molecule has 0 aliphatic carbocycles. The van der Waals surface area contributed by atoms with Gasteiger partial charge in [-0.2, -0.15) is 5.10 Å². The number of aliphatic hydroxyl groups excluding tert-OH is 1. The number of H-pyrrole nitrogens is 1. The van der Waals surface area contributed by atoms with Crippen LogP contribution in [-0.2, 0) is 6.54 Å². The third kappa shape index (κ3) is 2.65. The summed E-state index contributed by atoms with van der Waals surface area (Å²) in [5.41, 5.74) is 2.29. The topological polar surface area (TPSA) is 60.9 Å². The Morgan fingerprint density at radius 2 is 2.24 bits per heavy atom. The maximum absolute atomic E-state index is 9.08. The number of aromatic amines is 1. The zero-order valence-electron chi connectivity index (χ0n) is 10.3. The van der Waals surface area contributed by atoms with Crippen LogP contribution < -0.4 is 5.32 Å². The van der Waals surface area contributed by atoms with Gasteiger partial charge >= 0.3 is 0 Å². The van der Waals surface area contributed by atoms with Crippen molar-refractivity contribution in [2.45, 2.75) is 26.4 Å². The van der Waals surface area contributed by atoms with Crippen molar-refractivity contribution in [1.29, 1.82) is 0 Å². The molecule has 2 aromatic rings. The average Bonchev–Trinajstić information content (AvgIpc) is 2.83. The van der Waals surface area contributed by atoms with E-state index in [-0.39, 0.29) is 18.6 Å². The summed E-state index contributed by atoms with van der Waals surface area (Å²) in [6, 6.07) is 6.46. The normalized spacial score (nSPS) is 15.0. The molecule has 0 amide bonds. The molecule has 0 saturated heterocycles. The molecule has 0 spiro atoms. The van der Waals surface area contributed by atoms with Crippen LogP contribution in [0.25, 0.3) is 10.9 Å². The van der Waals surface area contributed by atoms with Gasteiger partial charge in [0.25, 0.3) is 0 Å². The third-order valence-corrected chi connectivity index (χ3v) is 3.32. The van der Waals surface area contributed by atoms with E-state index in [1.54, 1.807) is 0 Å². The van der Waals surface area contributed by atoms with Crippen molar-refractivity contribution in [3.8, 4) is 0 Å². The number of hydrogen-bond donors (Lipinski definition) is 3. The number of nitrogens with zero attached hydrogens (tertiary/aromatic N) is 1. The van der Waals surface area contributed by atoms with Crippen LogP contribution in [0.3, 0.4) is 0 Å². The molecule has 1 aromatic carbocycles. The zero-order valence-corrected chi connectivity index (χ0v) is 10.3. The van der Waals surface area contributed by atoms with E-state index in [2.05, 4.69) is 28.5 Å². The van der Waals surface area contributed by atoms with Gasteiger partial charge in [0.1, 0.15) is 0 Å². The maximum Gasteiger partial charge on any atom is 0.0695 e. The van der Waals surface area contributed by atoms with E-state index in [9.17, 15) is 0 Å². The molecule has 2 atom stereocenters. The first-order chi connectivity index (χ1) is 8.22. The summed E-state index contributed by atoms with van der Waals surface area (Å²) < 4.78 is 0.